The van der Waals surface area contributed by atoms with Gasteiger partial charge in [-0.2, -0.15) is 4.98 Å². The maximum atomic E-state index is 5.06. The molecule has 0 aromatic carbocycles. The molecule has 5 nitrogen and oxygen atoms in total. The number of aromatic nitrogens is 3. The maximum Gasteiger partial charge on any atom is 0.225 e. The van der Waals surface area contributed by atoms with Crippen LogP contribution in [-0.4, -0.2) is 28.6 Å². The van der Waals surface area contributed by atoms with Gasteiger partial charge in [0.05, 0.1) is 17.8 Å². The van der Waals surface area contributed by atoms with Crippen LogP contribution in [-0.2, 0) is 11.8 Å². The van der Waals surface area contributed by atoms with Crippen LogP contribution in [0.15, 0.2) is 17.6 Å². The lowest BCUT2D eigenvalue weighted by Crippen LogP contribution is -2.11. The highest BCUT2D eigenvalue weighted by molar-refractivity contribution is 7.09. The molecule has 0 bridgehead atoms. The number of hydrogen-bond acceptors (Lipinski definition) is 6. The molecule has 2 rings (SSSR count). The van der Waals surface area contributed by atoms with Crippen molar-refractivity contribution >= 4 is 17.3 Å². The van der Waals surface area contributed by atoms with Crippen LogP contribution in [0.5, 0.6) is 5.88 Å². The van der Waals surface area contributed by atoms with E-state index >= 15 is 0 Å². The fourth-order valence-corrected chi connectivity index (χ4v) is 2.55. The monoisotopic (exact) mass is 292 g/mol. The van der Waals surface area contributed by atoms with Crippen molar-refractivity contribution < 1.29 is 4.74 Å². The Labute approximate surface area is 123 Å². The smallest absolute Gasteiger partial charge is 0.225 e. The Hall–Kier alpha value is -1.69. The summed E-state index contributed by atoms with van der Waals surface area (Å²) in [5, 5.41) is 6.47. The molecule has 6 heteroatoms. The number of anilines is 1. The van der Waals surface area contributed by atoms with Crippen molar-refractivity contribution in [1.29, 1.82) is 0 Å². The van der Waals surface area contributed by atoms with Crippen LogP contribution in [0.3, 0.4) is 0 Å². The highest BCUT2D eigenvalue weighted by atomic mass is 32.1. The van der Waals surface area contributed by atoms with Crippen LogP contribution in [0, 0.1) is 0 Å². The van der Waals surface area contributed by atoms with Crippen LogP contribution in [0.4, 0.5) is 5.95 Å². The van der Waals surface area contributed by atoms with Crippen molar-refractivity contribution in [1.82, 2.24) is 15.0 Å². The van der Waals surface area contributed by atoms with Gasteiger partial charge < -0.3 is 10.1 Å². The average Bonchev–Trinajstić information content (AvgIpc) is 2.88. The van der Waals surface area contributed by atoms with Gasteiger partial charge in [-0.05, 0) is 0 Å². The molecule has 2 aromatic heterocycles. The molecule has 0 saturated carbocycles. The summed E-state index contributed by atoms with van der Waals surface area (Å²) in [4.78, 5) is 13.0. The van der Waals surface area contributed by atoms with Gasteiger partial charge in [-0.15, -0.1) is 11.3 Å². The van der Waals surface area contributed by atoms with E-state index in [-0.39, 0.29) is 5.41 Å². The molecule has 0 spiro atoms. The van der Waals surface area contributed by atoms with Gasteiger partial charge in [-0.25, -0.2) is 9.97 Å². The van der Waals surface area contributed by atoms with E-state index in [9.17, 15) is 0 Å². The van der Waals surface area contributed by atoms with Gasteiger partial charge in [0.2, 0.25) is 11.8 Å². The summed E-state index contributed by atoms with van der Waals surface area (Å²) in [6, 6.07) is 1.72. The number of nitrogens with one attached hydrogen (secondary N) is 1. The fourth-order valence-electron chi connectivity index (χ4n) is 1.61. The summed E-state index contributed by atoms with van der Waals surface area (Å²) in [7, 11) is 1.59. The lowest BCUT2D eigenvalue weighted by molar-refractivity contribution is 0.397. The Bertz CT molecular complexity index is 562. The molecular weight excluding hydrogens is 272 g/mol. The normalized spacial score (nSPS) is 11.4. The van der Waals surface area contributed by atoms with E-state index in [4.69, 9.17) is 4.74 Å². The Kier molecular flexibility index (Phi) is 4.54. The number of nitrogens with zero attached hydrogens (tertiary/aromatic N) is 3. The van der Waals surface area contributed by atoms with Crippen molar-refractivity contribution in [2.75, 3.05) is 19.0 Å². The Morgan fingerprint density at radius 3 is 2.75 bits per heavy atom. The van der Waals surface area contributed by atoms with Gasteiger partial charge in [0, 0.05) is 36.0 Å². The molecule has 0 radical (unpaired) electrons. The zero-order chi connectivity index (χ0) is 14.6. The third kappa shape index (κ3) is 3.90. The van der Waals surface area contributed by atoms with Crippen molar-refractivity contribution in [3.63, 3.8) is 0 Å². The van der Waals surface area contributed by atoms with E-state index in [0.717, 1.165) is 18.7 Å². The highest BCUT2D eigenvalue weighted by Crippen LogP contribution is 2.25. The van der Waals surface area contributed by atoms with E-state index in [2.05, 4.69) is 46.4 Å². The summed E-state index contributed by atoms with van der Waals surface area (Å²) in [5.41, 5.74) is 1.22. The summed E-state index contributed by atoms with van der Waals surface area (Å²) in [6.45, 7) is 7.29. The van der Waals surface area contributed by atoms with Gasteiger partial charge in [-0.1, -0.05) is 20.8 Å². The fraction of sp³-hybridized carbons (Fsp3) is 0.500. The van der Waals surface area contributed by atoms with Crippen LogP contribution in [0.2, 0.25) is 0 Å². The molecule has 0 fully saturated rings. The number of ether oxygens (including phenoxy) is 1. The molecule has 0 saturated heterocycles. The molecule has 0 aliphatic rings. The Morgan fingerprint density at radius 1 is 1.30 bits per heavy atom. The summed E-state index contributed by atoms with van der Waals surface area (Å²) >= 11 is 1.72. The maximum absolute atomic E-state index is 5.06. The first-order valence-electron chi connectivity index (χ1n) is 6.55. The second-order valence-corrected chi connectivity index (χ2v) is 6.35. The van der Waals surface area contributed by atoms with Crippen molar-refractivity contribution in [3.05, 3.63) is 28.3 Å². The van der Waals surface area contributed by atoms with E-state index in [1.54, 1.807) is 30.7 Å². The number of rotatable bonds is 5. The van der Waals surface area contributed by atoms with Gasteiger partial charge in [0.15, 0.2) is 0 Å². The molecule has 1 N–H and O–H groups in total. The van der Waals surface area contributed by atoms with Gasteiger partial charge in [-0.3, -0.25) is 0 Å². The minimum atomic E-state index is 0.117. The molecule has 0 aliphatic heterocycles. The van der Waals surface area contributed by atoms with Crippen LogP contribution >= 0.6 is 11.3 Å². The minimum Gasteiger partial charge on any atom is -0.481 e. The largest absolute Gasteiger partial charge is 0.481 e. The molecule has 20 heavy (non-hydrogen) atoms. The second-order valence-electron chi connectivity index (χ2n) is 5.49. The molecule has 0 atom stereocenters. The SMILES string of the molecule is COc1ccnc(NCCc2csc(C(C)(C)C)n2)n1. The Morgan fingerprint density at radius 2 is 2.10 bits per heavy atom. The number of thiazole rings is 1. The first-order chi connectivity index (χ1) is 9.49. The standard InChI is InChI=1S/C14H20N4OS/c1-14(2,3)12-17-10(9-20-12)5-7-15-13-16-8-6-11(18-13)19-4/h6,8-9H,5,7H2,1-4H3,(H,15,16,18). The quantitative estimate of drug-likeness (QED) is 0.918. The predicted molar refractivity (Wildman–Crippen MR) is 81.6 cm³/mol. The summed E-state index contributed by atoms with van der Waals surface area (Å²) in [6.07, 6.45) is 2.53. The minimum absolute atomic E-state index is 0.117. The summed E-state index contributed by atoms with van der Waals surface area (Å²) < 4.78 is 5.06. The number of methoxy groups -OCH3 is 1. The zero-order valence-corrected chi connectivity index (χ0v) is 13.1. The lowest BCUT2D eigenvalue weighted by atomic mass is 9.98. The van der Waals surface area contributed by atoms with Crippen molar-refractivity contribution in [2.24, 2.45) is 0 Å². The van der Waals surface area contributed by atoms with Gasteiger partial charge >= 0.3 is 0 Å². The van der Waals surface area contributed by atoms with Crippen LogP contribution < -0.4 is 10.1 Å². The average molecular weight is 292 g/mol. The van der Waals surface area contributed by atoms with Gasteiger partial charge in [0.25, 0.3) is 0 Å². The molecule has 2 aromatic rings. The second kappa shape index (κ2) is 6.17. The summed E-state index contributed by atoms with van der Waals surface area (Å²) in [5.74, 6) is 1.14. The third-order valence-electron chi connectivity index (χ3n) is 2.70. The molecular formula is C14H20N4OS. The highest BCUT2D eigenvalue weighted by Gasteiger charge is 2.17. The molecule has 0 unspecified atom stereocenters. The van der Waals surface area contributed by atoms with Gasteiger partial charge in [0.1, 0.15) is 0 Å². The molecule has 0 amide bonds. The topological polar surface area (TPSA) is 59.9 Å². The zero-order valence-electron chi connectivity index (χ0n) is 12.3. The molecule has 108 valence electrons. The van der Waals surface area contributed by atoms with E-state index in [0.29, 0.717) is 11.8 Å². The van der Waals surface area contributed by atoms with Crippen molar-refractivity contribution in [3.8, 4) is 5.88 Å². The van der Waals surface area contributed by atoms with Crippen molar-refractivity contribution in [2.45, 2.75) is 32.6 Å². The van der Waals surface area contributed by atoms with E-state index in [1.165, 1.54) is 5.01 Å². The first-order valence-corrected chi connectivity index (χ1v) is 7.43. The van der Waals surface area contributed by atoms with Crippen LogP contribution in [0.25, 0.3) is 0 Å². The van der Waals surface area contributed by atoms with E-state index < -0.39 is 0 Å². The van der Waals surface area contributed by atoms with E-state index in [1.807, 2.05) is 0 Å². The third-order valence-corrected chi connectivity index (χ3v) is 4.01. The lowest BCUT2D eigenvalue weighted by Gasteiger charge is -2.13. The first kappa shape index (κ1) is 14.7. The molecule has 2 heterocycles. The Balaban J connectivity index is 1.88. The molecule has 0 aliphatic carbocycles. The number of hydrogen-bond donors (Lipinski definition) is 1. The predicted octanol–water partition coefficient (Wildman–Crippen LogP) is 2.89. The van der Waals surface area contributed by atoms with Crippen LogP contribution in [0.1, 0.15) is 31.5 Å².